The Labute approximate surface area is 151 Å². The molecule has 2 N–H and O–H groups in total. The van der Waals surface area contributed by atoms with E-state index in [1.807, 2.05) is 12.1 Å². The van der Waals surface area contributed by atoms with Crippen LogP contribution in [0.15, 0.2) is 52.9 Å². The Hall–Kier alpha value is -2.97. The normalized spacial score (nSPS) is 10.4. The smallest absolute Gasteiger partial charge is 0.293 e. The molecule has 0 spiro atoms. The molecular weight excluding hydrogens is 366 g/mol. The van der Waals surface area contributed by atoms with Crippen molar-refractivity contribution in [2.24, 2.45) is 0 Å². The zero-order valence-corrected chi connectivity index (χ0v) is 14.1. The quantitative estimate of drug-likeness (QED) is 0.406. The number of anilines is 1. The number of amides is 1. The van der Waals surface area contributed by atoms with Gasteiger partial charge in [0.1, 0.15) is 5.58 Å². The minimum absolute atomic E-state index is 0.0128. The first-order valence-electron chi connectivity index (χ1n) is 6.99. The van der Waals surface area contributed by atoms with Crippen LogP contribution in [0.3, 0.4) is 0 Å². The average Bonchev–Trinajstić information content (AvgIpc) is 3.00. The van der Waals surface area contributed by atoms with Crippen LogP contribution >= 0.6 is 23.8 Å². The molecule has 0 fully saturated rings. The lowest BCUT2D eigenvalue weighted by Gasteiger charge is -2.09. The van der Waals surface area contributed by atoms with Crippen LogP contribution in [0.2, 0.25) is 5.02 Å². The molecule has 126 valence electrons. The van der Waals surface area contributed by atoms with Crippen LogP contribution in [0.5, 0.6) is 0 Å². The monoisotopic (exact) mass is 375 g/mol. The van der Waals surface area contributed by atoms with Crippen molar-refractivity contribution in [1.82, 2.24) is 5.32 Å². The highest BCUT2D eigenvalue weighted by molar-refractivity contribution is 7.80. The number of nitrogens with one attached hydrogen (secondary N) is 2. The fraction of sp³-hybridized carbons (Fsp3) is 0. The first-order chi connectivity index (χ1) is 11.9. The number of hydrogen-bond acceptors (Lipinski definition) is 5. The third-order valence-corrected chi connectivity index (χ3v) is 3.80. The fourth-order valence-corrected chi connectivity index (χ4v) is 2.56. The van der Waals surface area contributed by atoms with Crippen molar-refractivity contribution < 1.29 is 14.1 Å². The van der Waals surface area contributed by atoms with Gasteiger partial charge in [0, 0.05) is 17.5 Å². The van der Waals surface area contributed by atoms with Crippen LogP contribution in [0.1, 0.15) is 10.6 Å². The van der Waals surface area contributed by atoms with Crippen molar-refractivity contribution in [3.63, 3.8) is 0 Å². The molecule has 0 aliphatic carbocycles. The Morgan fingerprint density at radius 2 is 1.96 bits per heavy atom. The predicted octanol–water partition coefficient (Wildman–Crippen LogP) is 4.12. The molecule has 0 saturated heterocycles. The van der Waals surface area contributed by atoms with E-state index in [0.29, 0.717) is 11.3 Å². The first-order valence-corrected chi connectivity index (χ1v) is 7.77. The van der Waals surface area contributed by atoms with E-state index in [-0.39, 0.29) is 21.6 Å². The molecule has 0 aliphatic heterocycles. The molecule has 3 aromatic rings. The summed E-state index contributed by atoms with van der Waals surface area (Å²) in [6, 6.07) is 12.7. The summed E-state index contributed by atoms with van der Waals surface area (Å²) in [7, 11) is 0. The van der Waals surface area contributed by atoms with Gasteiger partial charge in [0.15, 0.2) is 10.9 Å². The van der Waals surface area contributed by atoms with Crippen LogP contribution < -0.4 is 10.6 Å². The zero-order chi connectivity index (χ0) is 18.0. The molecular formula is C16H10ClN3O4S. The number of furan rings is 1. The Morgan fingerprint density at radius 1 is 1.20 bits per heavy atom. The van der Waals surface area contributed by atoms with Gasteiger partial charge in [0.05, 0.1) is 15.6 Å². The van der Waals surface area contributed by atoms with Gasteiger partial charge in [0.2, 0.25) is 0 Å². The molecule has 9 heteroatoms. The van der Waals surface area contributed by atoms with E-state index in [0.717, 1.165) is 5.39 Å². The van der Waals surface area contributed by atoms with Gasteiger partial charge in [-0.15, -0.1) is 0 Å². The molecule has 1 heterocycles. The number of benzene rings is 2. The fourth-order valence-electron chi connectivity index (χ4n) is 2.13. The molecule has 3 rings (SSSR count). The number of non-ortho nitro benzene ring substituents is 1. The van der Waals surface area contributed by atoms with Crippen LogP contribution in [0, 0.1) is 10.1 Å². The number of nitro groups is 1. The summed E-state index contributed by atoms with van der Waals surface area (Å²) in [6.07, 6.45) is 0. The van der Waals surface area contributed by atoms with Crippen molar-refractivity contribution in [3.8, 4) is 0 Å². The molecule has 0 radical (unpaired) electrons. The topological polar surface area (TPSA) is 97.4 Å². The van der Waals surface area contributed by atoms with E-state index >= 15 is 0 Å². The zero-order valence-electron chi connectivity index (χ0n) is 12.5. The van der Waals surface area contributed by atoms with E-state index in [4.69, 9.17) is 28.2 Å². The van der Waals surface area contributed by atoms with E-state index in [2.05, 4.69) is 10.6 Å². The molecule has 7 nitrogen and oxygen atoms in total. The molecule has 0 atom stereocenters. The Kier molecular flexibility index (Phi) is 4.64. The van der Waals surface area contributed by atoms with Gasteiger partial charge in [-0.25, -0.2) is 0 Å². The lowest BCUT2D eigenvalue weighted by Crippen LogP contribution is -2.33. The molecule has 0 saturated carbocycles. The number of hydrogen-bond donors (Lipinski definition) is 2. The summed E-state index contributed by atoms with van der Waals surface area (Å²) in [5.41, 5.74) is 0.778. The van der Waals surface area contributed by atoms with E-state index in [9.17, 15) is 14.9 Å². The second kappa shape index (κ2) is 6.88. The number of nitro benzene ring substituents is 1. The van der Waals surface area contributed by atoms with Gasteiger partial charge < -0.3 is 9.73 Å². The summed E-state index contributed by atoms with van der Waals surface area (Å²) < 4.78 is 5.45. The second-order valence-electron chi connectivity index (χ2n) is 4.98. The highest BCUT2D eigenvalue weighted by Gasteiger charge is 2.15. The molecule has 1 aromatic heterocycles. The molecule has 2 aromatic carbocycles. The number of rotatable bonds is 3. The van der Waals surface area contributed by atoms with E-state index < -0.39 is 10.8 Å². The van der Waals surface area contributed by atoms with Crippen LogP contribution in [0.4, 0.5) is 11.4 Å². The number of carbonyl (C=O) groups is 1. The number of thiocarbonyl (C=S) groups is 1. The standard InChI is InChI=1S/C16H10ClN3O4S/c17-11-8-10(20(22)23)5-6-12(11)18-16(25)19-15(21)14-7-9-3-1-2-4-13(9)24-14/h1-8H,(H2,18,19,21,25). The van der Waals surface area contributed by atoms with E-state index in [1.165, 1.54) is 18.2 Å². The van der Waals surface area contributed by atoms with Crippen LogP contribution in [-0.4, -0.2) is 15.9 Å². The first kappa shape index (κ1) is 16.9. The Morgan fingerprint density at radius 3 is 2.64 bits per heavy atom. The number of carbonyl (C=O) groups excluding carboxylic acids is 1. The van der Waals surface area contributed by atoms with Gasteiger partial charge >= 0.3 is 0 Å². The summed E-state index contributed by atoms with van der Waals surface area (Å²) in [6.45, 7) is 0. The van der Waals surface area contributed by atoms with Gasteiger partial charge in [-0.3, -0.25) is 20.2 Å². The minimum Gasteiger partial charge on any atom is -0.451 e. The number of fused-ring (bicyclic) bond motifs is 1. The van der Waals surface area contributed by atoms with Crippen molar-refractivity contribution >= 4 is 57.2 Å². The highest BCUT2D eigenvalue weighted by atomic mass is 35.5. The van der Waals surface area contributed by atoms with Crippen molar-refractivity contribution in [1.29, 1.82) is 0 Å². The van der Waals surface area contributed by atoms with Crippen LogP contribution in [0.25, 0.3) is 11.0 Å². The molecule has 0 unspecified atom stereocenters. The van der Waals surface area contributed by atoms with Gasteiger partial charge in [-0.05, 0) is 30.4 Å². The highest BCUT2D eigenvalue weighted by Crippen LogP contribution is 2.26. The maximum absolute atomic E-state index is 12.2. The molecule has 0 aliphatic rings. The third kappa shape index (κ3) is 3.76. The summed E-state index contributed by atoms with van der Waals surface area (Å²) >= 11 is 11.0. The lowest BCUT2D eigenvalue weighted by molar-refractivity contribution is -0.384. The Bertz CT molecular complexity index is 969. The van der Waals surface area contributed by atoms with E-state index in [1.54, 1.807) is 18.2 Å². The maximum atomic E-state index is 12.2. The average molecular weight is 376 g/mol. The summed E-state index contributed by atoms with van der Waals surface area (Å²) in [4.78, 5) is 22.3. The van der Waals surface area contributed by atoms with Gasteiger partial charge in [-0.1, -0.05) is 29.8 Å². The number of nitrogens with zero attached hydrogens (tertiary/aromatic N) is 1. The van der Waals surface area contributed by atoms with Crippen molar-refractivity contribution in [3.05, 3.63) is 69.4 Å². The lowest BCUT2D eigenvalue weighted by atomic mass is 10.2. The number of halogens is 1. The number of para-hydroxylation sites is 1. The van der Waals surface area contributed by atoms with Crippen molar-refractivity contribution in [2.45, 2.75) is 0 Å². The molecule has 25 heavy (non-hydrogen) atoms. The van der Waals surface area contributed by atoms with Gasteiger partial charge in [-0.2, -0.15) is 0 Å². The molecule has 1 amide bonds. The second-order valence-corrected chi connectivity index (χ2v) is 5.79. The molecule has 0 bridgehead atoms. The maximum Gasteiger partial charge on any atom is 0.293 e. The summed E-state index contributed by atoms with van der Waals surface area (Å²) in [5.74, 6) is -0.410. The van der Waals surface area contributed by atoms with Crippen molar-refractivity contribution in [2.75, 3.05) is 5.32 Å². The van der Waals surface area contributed by atoms with Gasteiger partial charge in [0.25, 0.3) is 11.6 Å². The predicted molar refractivity (Wildman–Crippen MR) is 98.0 cm³/mol. The third-order valence-electron chi connectivity index (χ3n) is 3.29. The Balaban J connectivity index is 1.69. The minimum atomic E-state index is -0.558. The largest absolute Gasteiger partial charge is 0.451 e. The summed E-state index contributed by atoms with van der Waals surface area (Å²) in [5, 5.41) is 16.8. The van der Waals surface area contributed by atoms with Crippen LogP contribution in [-0.2, 0) is 0 Å². The SMILES string of the molecule is O=C(NC(=S)Nc1ccc([N+](=O)[O-])cc1Cl)c1cc2ccccc2o1.